The lowest BCUT2D eigenvalue weighted by Crippen LogP contribution is -2.10. The molecular weight excluding hydrogens is 280 g/mol. The first-order chi connectivity index (χ1) is 10.7. The molecule has 0 unspecified atom stereocenters. The number of methoxy groups -OCH3 is 1. The van der Waals surface area contributed by atoms with Crippen LogP contribution in [0, 0.1) is 5.92 Å². The van der Waals surface area contributed by atoms with E-state index in [1.807, 2.05) is 6.33 Å². The quantitative estimate of drug-likeness (QED) is 0.817. The molecule has 2 aliphatic rings. The summed E-state index contributed by atoms with van der Waals surface area (Å²) in [5.41, 5.74) is 7.47. The van der Waals surface area contributed by atoms with Gasteiger partial charge in [-0.25, -0.2) is 4.98 Å². The van der Waals surface area contributed by atoms with E-state index in [0.29, 0.717) is 12.0 Å². The maximum Gasteiger partial charge on any atom is 0.224 e. The molecule has 116 valence electrons. The van der Waals surface area contributed by atoms with Crippen LogP contribution in [0.1, 0.15) is 25.3 Å². The monoisotopic (exact) mass is 300 g/mol. The van der Waals surface area contributed by atoms with E-state index in [-0.39, 0.29) is 12.0 Å². The molecule has 2 aromatic rings. The number of imidazole rings is 1. The molecule has 1 saturated carbocycles. The van der Waals surface area contributed by atoms with Crippen LogP contribution in [0.4, 0.5) is 11.8 Å². The lowest BCUT2D eigenvalue weighted by atomic mass is 10.1. The molecule has 7 nitrogen and oxygen atoms in total. The number of nitrogen functional groups attached to an aromatic ring is 1. The fraction of sp³-hybridized carbons (Fsp3) is 0.533. The minimum atomic E-state index is 0.244. The Morgan fingerprint density at radius 3 is 3.00 bits per heavy atom. The van der Waals surface area contributed by atoms with E-state index < -0.39 is 0 Å². The molecule has 3 N–H and O–H groups in total. The number of rotatable bonds is 5. The van der Waals surface area contributed by atoms with Crippen molar-refractivity contribution < 1.29 is 4.74 Å². The number of anilines is 2. The van der Waals surface area contributed by atoms with Gasteiger partial charge in [-0.2, -0.15) is 9.97 Å². The van der Waals surface area contributed by atoms with Crippen LogP contribution in [0.15, 0.2) is 18.5 Å². The molecule has 0 aromatic carbocycles. The second kappa shape index (κ2) is 5.24. The van der Waals surface area contributed by atoms with Crippen LogP contribution >= 0.6 is 0 Å². The van der Waals surface area contributed by atoms with Crippen molar-refractivity contribution >= 4 is 22.9 Å². The SMILES string of the molecule is COC[C@H]1C=C[C@@H](n2cnc3c(NC4CC4)nc(N)nc32)C1. The molecule has 0 radical (unpaired) electrons. The summed E-state index contributed by atoms with van der Waals surface area (Å²) >= 11 is 0. The highest BCUT2D eigenvalue weighted by molar-refractivity contribution is 5.84. The number of nitrogens with zero attached hydrogens (tertiary/aromatic N) is 4. The molecule has 4 rings (SSSR count). The summed E-state index contributed by atoms with van der Waals surface area (Å²) in [6.45, 7) is 0.741. The van der Waals surface area contributed by atoms with Crippen molar-refractivity contribution in [2.75, 3.05) is 24.8 Å². The average molecular weight is 300 g/mol. The summed E-state index contributed by atoms with van der Waals surface area (Å²) < 4.78 is 7.32. The summed E-state index contributed by atoms with van der Waals surface area (Å²) in [5.74, 6) is 1.47. The minimum Gasteiger partial charge on any atom is -0.384 e. The van der Waals surface area contributed by atoms with Crippen LogP contribution in [-0.4, -0.2) is 39.3 Å². The van der Waals surface area contributed by atoms with Gasteiger partial charge in [0.25, 0.3) is 0 Å². The molecule has 22 heavy (non-hydrogen) atoms. The van der Waals surface area contributed by atoms with Gasteiger partial charge in [0, 0.05) is 19.1 Å². The largest absolute Gasteiger partial charge is 0.384 e. The van der Waals surface area contributed by atoms with Crippen LogP contribution in [0.2, 0.25) is 0 Å². The van der Waals surface area contributed by atoms with E-state index in [9.17, 15) is 0 Å². The molecule has 0 aliphatic heterocycles. The van der Waals surface area contributed by atoms with E-state index in [1.165, 1.54) is 12.8 Å². The highest BCUT2D eigenvalue weighted by Gasteiger charge is 2.26. The molecule has 1 fully saturated rings. The van der Waals surface area contributed by atoms with Gasteiger partial charge in [-0.05, 0) is 19.3 Å². The Balaban J connectivity index is 1.67. The smallest absolute Gasteiger partial charge is 0.224 e. The summed E-state index contributed by atoms with van der Waals surface area (Å²) in [6, 6.07) is 0.744. The number of fused-ring (bicyclic) bond motifs is 1. The number of hydrogen-bond donors (Lipinski definition) is 2. The first-order valence-electron chi connectivity index (χ1n) is 7.68. The zero-order valence-corrected chi connectivity index (χ0v) is 12.6. The van der Waals surface area contributed by atoms with Crippen molar-refractivity contribution in [1.82, 2.24) is 19.5 Å². The van der Waals surface area contributed by atoms with Crippen LogP contribution in [0.5, 0.6) is 0 Å². The number of nitrogens with two attached hydrogens (primary N) is 1. The van der Waals surface area contributed by atoms with E-state index in [0.717, 1.165) is 30.0 Å². The number of aromatic nitrogens is 4. The topological polar surface area (TPSA) is 90.9 Å². The molecule has 7 heteroatoms. The van der Waals surface area contributed by atoms with E-state index in [4.69, 9.17) is 10.5 Å². The Morgan fingerprint density at radius 1 is 1.36 bits per heavy atom. The third-order valence-corrected chi connectivity index (χ3v) is 4.24. The van der Waals surface area contributed by atoms with Gasteiger partial charge >= 0.3 is 0 Å². The molecule has 0 bridgehead atoms. The van der Waals surface area contributed by atoms with Crippen LogP contribution in [0.3, 0.4) is 0 Å². The predicted molar refractivity (Wildman–Crippen MR) is 84.5 cm³/mol. The average Bonchev–Trinajstić information content (AvgIpc) is 3.02. The molecular formula is C15H20N6O. The standard InChI is InChI=1S/C15H20N6O/c1-22-7-9-2-5-11(6-9)21-8-17-12-13(18-10-3-4-10)19-15(16)20-14(12)21/h2,5,8-11H,3-4,6-7H2,1H3,(H3,16,18,19,20)/t9-,11+/m0/s1. The summed E-state index contributed by atoms with van der Waals surface area (Å²) in [6.07, 6.45) is 9.58. The maximum atomic E-state index is 5.88. The fourth-order valence-electron chi connectivity index (χ4n) is 2.99. The van der Waals surface area contributed by atoms with Crippen molar-refractivity contribution in [1.29, 1.82) is 0 Å². The first kappa shape index (κ1) is 13.5. The van der Waals surface area contributed by atoms with Gasteiger partial charge in [-0.15, -0.1) is 0 Å². The fourth-order valence-corrected chi connectivity index (χ4v) is 2.99. The van der Waals surface area contributed by atoms with Gasteiger partial charge in [0.15, 0.2) is 17.0 Å². The highest BCUT2D eigenvalue weighted by Crippen LogP contribution is 2.33. The van der Waals surface area contributed by atoms with Gasteiger partial charge in [-0.1, -0.05) is 12.2 Å². The van der Waals surface area contributed by atoms with E-state index in [2.05, 4.69) is 37.0 Å². The van der Waals surface area contributed by atoms with E-state index >= 15 is 0 Å². The van der Waals surface area contributed by atoms with Gasteiger partial charge in [-0.3, -0.25) is 0 Å². The molecule has 2 aliphatic carbocycles. The lowest BCUT2D eigenvalue weighted by molar-refractivity contribution is 0.166. The third-order valence-electron chi connectivity index (χ3n) is 4.24. The molecule has 2 atom stereocenters. The molecule has 0 saturated heterocycles. The summed E-state index contributed by atoms with van der Waals surface area (Å²) in [7, 11) is 1.73. The van der Waals surface area contributed by atoms with Crippen LogP contribution < -0.4 is 11.1 Å². The third kappa shape index (κ3) is 2.41. The van der Waals surface area contributed by atoms with Crippen molar-refractivity contribution in [2.24, 2.45) is 5.92 Å². The number of nitrogens with one attached hydrogen (secondary N) is 1. The van der Waals surface area contributed by atoms with Gasteiger partial charge in [0.05, 0.1) is 19.0 Å². The predicted octanol–water partition coefficient (Wildman–Crippen LogP) is 1.75. The Bertz CT molecular complexity index is 720. The first-order valence-corrected chi connectivity index (χ1v) is 7.68. The van der Waals surface area contributed by atoms with Crippen molar-refractivity contribution in [3.8, 4) is 0 Å². The number of allylic oxidation sites excluding steroid dienone is 1. The second-order valence-electron chi connectivity index (χ2n) is 6.08. The van der Waals surface area contributed by atoms with E-state index in [1.54, 1.807) is 7.11 Å². The number of ether oxygens (including phenoxy) is 1. The second-order valence-corrected chi connectivity index (χ2v) is 6.08. The van der Waals surface area contributed by atoms with Crippen molar-refractivity contribution in [3.63, 3.8) is 0 Å². The zero-order chi connectivity index (χ0) is 15.1. The van der Waals surface area contributed by atoms with Gasteiger partial charge < -0.3 is 20.4 Å². The van der Waals surface area contributed by atoms with Crippen LogP contribution in [0.25, 0.3) is 11.2 Å². The zero-order valence-electron chi connectivity index (χ0n) is 12.6. The molecule has 0 spiro atoms. The maximum absolute atomic E-state index is 5.88. The lowest BCUT2D eigenvalue weighted by Gasteiger charge is -2.14. The molecule has 0 amide bonds. The number of hydrogen-bond acceptors (Lipinski definition) is 6. The normalized spacial score (nSPS) is 24.2. The van der Waals surface area contributed by atoms with Gasteiger partial charge in [0.1, 0.15) is 0 Å². The Morgan fingerprint density at radius 2 is 2.23 bits per heavy atom. The highest BCUT2D eigenvalue weighted by atomic mass is 16.5. The van der Waals surface area contributed by atoms with Crippen molar-refractivity contribution in [3.05, 3.63) is 18.5 Å². The summed E-state index contributed by atoms with van der Waals surface area (Å²) in [5, 5.41) is 3.39. The molecule has 2 aromatic heterocycles. The van der Waals surface area contributed by atoms with Crippen molar-refractivity contribution in [2.45, 2.75) is 31.3 Å². The Kier molecular flexibility index (Phi) is 3.22. The van der Waals surface area contributed by atoms with Crippen LogP contribution in [-0.2, 0) is 4.74 Å². The summed E-state index contributed by atoms with van der Waals surface area (Å²) in [4.78, 5) is 13.2. The minimum absolute atomic E-state index is 0.244. The Labute approximate surface area is 128 Å². The molecule has 2 heterocycles. The Hall–Kier alpha value is -2.15. The van der Waals surface area contributed by atoms with Gasteiger partial charge in [0.2, 0.25) is 5.95 Å².